The molecule has 0 aliphatic heterocycles. The number of nitrogens with one attached hydrogen (secondary N) is 2. The Morgan fingerprint density at radius 3 is 2.80 bits per heavy atom. The van der Waals surface area contributed by atoms with Crippen LogP contribution >= 0.6 is 23.4 Å². The summed E-state index contributed by atoms with van der Waals surface area (Å²) in [5.41, 5.74) is 1.83. The topological polar surface area (TPSA) is 70.7 Å². The van der Waals surface area contributed by atoms with E-state index in [4.69, 9.17) is 11.6 Å². The summed E-state index contributed by atoms with van der Waals surface area (Å²) >= 11 is 7.23. The molecule has 5 nitrogen and oxygen atoms in total. The molecule has 3 aromatic rings. The summed E-state index contributed by atoms with van der Waals surface area (Å²) in [6, 6.07) is 17.1. The second-order valence-corrected chi connectivity index (χ2v) is 7.23. The van der Waals surface area contributed by atoms with Crippen LogP contribution in [0.25, 0.3) is 0 Å². The number of hydrogen-bond donors (Lipinski definition) is 2. The van der Waals surface area contributed by atoms with Crippen molar-refractivity contribution >= 4 is 35.0 Å². The van der Waals surface area contributed by atoms with Crippen LogP contribution in [0, 0.1) is 0 Å². The highest BCUT2D eigenvalue weighted by atomic mass is 35.5. The van der Waals surface area contributed by atoms with Crippen molar-refractivity contribution in [2.75, 3.05) is 5.32 Å². The van der Waals surface area contributed by atoms with Crippen molar-refractivity contribution < 1.29 is 4.79 Å². The van der Waals surface area contributed by atoms with Gasteiger partial charge in [-0.2, -0.15) is 0 Å². The maximum Gasteiger partial charge on any atom is 0.237 e. The molecule has 0 radical (unpaired) electrons. The summed E-state index contributed by atoms with van der Waals surface area (Å²) in [7, 11) is 0. The monoisotopic (exact) mass is 372 g/mol. The molecule has 3 rings (SSSR count). The molecule has 7 heteroatoms. The third-order valence-corrected chi connectivity index (χ3v) is 4.67. The van der Waals surface area contributed by atoms with Crippen LogP contribution in [0.2, 0.25) is 5.02 Å². The quantitative estimate of drug-likeness (QED) is 0.637. The molecule has 1 heterocycles. The van der Waals surface area contributed by atoms with E-state index in [1.807, 2.05) is 37.3 Å². The third-order valence-electron chi connectivity index (χ3n) is 3.47. The minimum atomic E-state index is -0.334. The van der Waals surface area contributed by atoms with Gasteiger partial charge in [-0.15, -0.1) is 5.10 Å². The Labute approximate surface area is 155 Å². The number of carbonyl (C=O) groups is 1. The molecule has 0 unspecified atom stereocenters. The van der Waals surface area contributed by atoms with Crippen LogP contribution in [0.3, 0.4) is 0 Å². The van der Waals surface area contributed by atoms with Gasteiger partial charge in [-0.1, -0.05) is 59.8 Å². The zero-order valence-corrected chi connectivity index (χ0v) is 15.1. The van der Waals surface area contributed by atoms with Gasteiger partial charge in [0.25, 0.3) is 0 Å². The standard InChI is InChI=1S/C18H17ClN4OS/c1-12(17(24)20-15-9-5-8-14(19)11-15)25-18-21-16(22-23-18)10-13-6-3-2-4-7-13/h2-9,11-12H,10H2,1H3,(H,20,24)(H,21,22,23)/t12-/m1/s1. The van der Waals surface area contributed by atoms with Crippen LogP contribution in [0.5, 0.6) is 0 Å². The van der Waals surface area contributed by atoms with E-state index in [1.54, 1.807) is 24.3 Å². The van der Waals surface area contributed by atoms with Crippen molar-refractivity contribution in [2.45, 2.75) is 23.8 Å². The van der Waals surface area contributed by atoms with Crippen LogP contribution in [0.4, 0.5) is 5.69 Å². The maximum absolute atomic E-state index is 12.3. The lowest BCUT2D eigenvalue weighted by Crippen LogP contribution is -2.22. The molecule has 0 bridgehead atoms. The Balaban J connectivity index is 1.57. The number of thioether (sulfide) groups is 1. The van der Waals surface area contributed by atoms with Gasteiger partial charge in [0, 0.05) is 17.1 Å². The van der Waals surface area contributed by atoms with Gasteiger partial charge in [0.1, 0.15) is 5.82 Å². The van der Waals surface area contributed by atoms with E-state index < -0.39 is 0 Å². The largest absolute Gasteiger partial charge is 0.325 e. The average molecular weight is 373 g/mol. The Bertz CT molecular complexity index is 853. The van der Waals surface area contributed by atoms with E-state index in [2.05, 4.69) is 20.5 Å². The number of aromatic amines is 1. The van der Waals surface area contributed by atoms with Gasteiger partial charge in [0.05, 0.1) is 5.25 Å². The Kier molecular flexibility index (Phi) is 5.73. The fourth-order valence-corrected chi connectivity index (χ4v) is 3.15. The Hall–Kier alpha value is -2.31. The fourth-order valence-electron chi connectivity index (χ4n) is 2.22. The summed E-state index contributed by atoms with van der Waals surface area (Å²) in [6.45, 7) is 1.82. The summed E-state index contributed by atoms with van der Waals surface area (Å²) < 4.78 is 0. The molecule has 2 N–H and O–H groups in total. The van der Waals surface area contributed by atoms with Crippen LogP contribution in [-0.2, 0) is 11.2 Å². The second-order valence-electron chi connectivity index (χ2n) is 5.49. The lowest BCUT2D eigenvalue weighted by Gasteiger charge is -2.10. The van der Waals surface area contributed by atoms with Gasteiger partial charge in [-0.05, 0) is 30.7 Å². The minimum Gasteiger partial charge on any atom is -0.325 e. The zero-order chi connectivity index (χ0) is 17.6. The Morgan fingerprint density at radius 1 is 1.24 bits per heavy atom. The lowest BCUT2D eigenvalue weighted by molar-refractivity contribution is -0.115. The normalized spacial score (nSPS) is 11.9. The van der Waals surface area contributed by atoms with Gasteiger partial charge in [-0.3, -0.25) is 9.89 Å². The second kappa shape index (κ2) is 8.18. The fraction of sp³-hybridized carbons (Fsp3) is 0.167. The summed E-state index contributed by atoms with van der Waals surface area (Å²) in [5.74, 6) is 0.651. The smallest absolute Gasteiger partial charge is 0.237 e. The van der Waals surface area contributed by atoms with Crippen molar-refractivity contribution in [3.8, 4) is 0 Å². The molecule has 0 aliphatic rings. The van der Waals surface area contributed by atoms with E-state index in [-0.39, 0.29) is 11.2 Å². The predicted molar refractivity (Wildman–Crippen MR) is 101 cm³/mol. The number of aromatic nitrogens is 3. The summed E-state index contributed by atoms with van der Waals surface area (Å²) in [5, 5.41) is 10.7. The first-order valence-electron chi connectivity index (χ1n) is 7.78. The first-order chi connectivity index (χ1) is 12.1. The van der Waals surface area contributed by atoms with Crippen molar-refractivity contribution in [1.82, 2.24) is 15.2 Å². The highest BCUT2D eigenvalue weighted by Gasteiger charge is 2.17. The number of amides is 1. The van der Waals surface area contributed by atoms with Gasteiger partial charge in [-0.25, -0.2) is 4.98 Å². The number of halogens is 1. The maximum atomic E-state index is 12.3. The van der Waals surface area contributed by atoms with Crippen molar-refractivity contribution in [2.24, 2.45) is 0 Å². The third kappa shape index (κ3) is 5.08. The number of anilines is 1. The molecular weight excluding hydrogens is 356 g/mol. The van der Waals surface area contributed by atoms with Gasteiger partial charge >= 0.3 is 0 Å². The number of carbonyl (C=O) groups excluding carboxylic acids is 1. The highest BCUT2D eigenvalue weighted by Crippen LogP contribution is 2.22. The van der Waals surface area contributed by atoms with Crippen molar-refractivity contribution in [3.63, 3.8) is 0 Å². The molecular formula is C18H17ClN4OS. The van der Waals surface area contributed by atoms with Gasteiger partial charge in [0.15, 0.2) is 0 Å². The molecule has 0 saturated carbocycles. The predicted octanol–water partition coefficient (Wildman–Crippen LogP) is 4.17. The number of hydrogen-bond acceptors (Lipinski definition) is 4. The summed E-state index contributed by atoms with van der Waals surface area (Å²) in [6.07, 6.45) is 0.678. The van der Waals surface area contributed by atoms with Crippen LogP contribution in [0.15, 0.2) is 59.8 Å². The number of rotatable bonds is 6. The van der Waals surface area contributed by atoms with Crippen LogP contribution in [0.1, 0.15) is 18.3 Å². The van der Waals surface area contributed by atoms with E-state index in [9.17, 15) is 4.79 Å². The molecule has 1 atom stereocenters. The molecule has 0 aliphatic carbocycles. The molecule has 0 spiro atoms. The highest BCUT2D eigenvalue weighted by molar-refractivity contribution is 8.00. The van der Waals surface area contributed by atoms with E-state index in [0.717, 1.165) is 11.4 Å². The van der Waals surface area contributed by atoms with Crippen molar-refractivity contribution in [3.05, 3.63) is 71.0 Å². The molecule has 1 amide bonds. The number of benzene rings is 2. The molecule has 0 fully saturated rings. The lowest BCUT2D eigenvalue weighted by atomic mass is 10.1. The van der Waals surface area contributed by atoms with E-state index in [0.29, 0.717) is 22.3 Å². The SMILES string of the molecule is C[C@@H](Sc1n[nH]c(Cc2ccccc2)n1)C(=O)Nc1cccc(Cl)c1. The first kappa shape index (κ1) is 17.5. The van der Waals surface area contributed by atoms with Gasteiger partial charge in [0.2, 0.25) is 11.1 Å². The van der Waals surface area contributed by atoms with Crippen molar-refractivity contribution in [1.29, 1.82) is 0 Å². The van der Waals surface area contributed by atoms with Crippen LogP contribution < -0.4 is 5.32 Å². The zero-order valence-electron chi connectivity index (χ0n) is 13.6. The average Bonchev–Trinajstić information content (AvgIpc) is 3.02. The summed E-state index contributed by atoms with van der Waals surface area (Å²) in [4.78, 5) is 16.7. The van der Waals surface area contributed by atoms with Crippen LogP contribution in [-0.4, -0.2) is 26.3 Å². The number of nitrogens with zero attached hydrogens (tertiary/aromatic N) is 2. The molecule has 128 valence electrons. The van der Waals surface area contributed by atoms with E-state index in [1.165, 1.54) is 11.8 Å². The first-order valence-corrected chi connectivity index (χ1v) is 9.04. The number of H-pyrrole nitrogens is 1. The Morgan fingerprint density at radius 2 is 2.04 bits per heavy atom. The minimum absolute atomic E-state index is 0.123. The molecule has 1 aromatic heterocycles. The molecule has 2 aromatic carbocycles. The van der Waals surface area contributed by atoms with Gasteiger partial charge < -0.3 is 5.32 Å². The molecule has 0 saturated heterocycles. The van der Waals surface area contributed by atoms with E-state index >= 15 is 0 Å². The molecule has 25 heavy (non-hydrogen) atoms.